The van der Waals surface area contributed by atoms with Crippen LogP contribution in [0.15, 0.2) is 145 Å². The molecular weight excluding hydrogens is 961 g/mol. The number of hydrogen-bond donors (Lipinski definition) is 7. The number of Topliss-reactive ketones (excluding diaryl/α,β-unsaturated/α-hetero) is 1. The Morgan fingerprint density at radius 1 is 0.618 bits per heavy atom. The molecule has 76 heavy (non-hydrogen) atoms. The molecule has 0 saturated heterocycles. The summed E-state index contributed by atoms with van der Waals surface area (Å²) in [7, 11) is 0. The Bertz CT molecular complexity index is 2740. The van der Waals surface area contributed by atoms with E-state index >= 15 is 0 Å². The van der Waals surface area contributed by atoms with E-state index in [2.05, 4.69) is 54.6 Å². The third-order valence-electron chi connectivity index (χ3n) is 13.9. The van der Waals surface area contributed by atoms with Crippen molar-refractivity contribution >= 4 is 47.2 Å². The van der Waals surface area contributed by atoms with Gasteiger partial charge in [0.05, 0.1) is 18.6 Å². The van der Waals surface area contributed by atoms with E-state index in [1.165, 1.54) is 6.92 Å². The summed E-state index contributed by atoms with van der Waals surface area (Å²) in [5, 5.41) is 21.3. The van der Waals surface area contributed by atoms with Crippen LogP contribution < -0.4 is 37.3 Å². The number of nitrogens with one attached hydrogen (secondary N) is 7. The zero-order valence-corrected chi connectivity index (χ0v) is 43.7. The molecule has 0 aromatic heterocycles. The number of fused-ring (bicyclic) bond motifs is 3. The van der Waals surface area contributed by atoms with E-state index in [0.29, 0.717) is 24.8 Å². The number of hydrogen-bond acceptors (Lipinski definition) is 9. The molecule has 0 spiro atoms. The third-order valence-corrected chi connectivity index (χ3v) is 13.9. The highest BCUT2D eigenvalue weighted by molar-refractivity contribution is 6.41. The number of carbonyl (C=O) groups is 7. The predicted octanol–water partition coefficient (Wildman–Crippen LogP) is 8.30. The minimum absolute atomic E-state index is 0.0575. The number of hydrazone groups is 1. The van der Waals surface area contributed by atoms with Gasteiger partial charge in [0.25, 0.3) is 5.91 Å². The first-order valence-electron chi connectivity index (χ1n) is 26.4. The normalized spacial score (nSPS) is 14.9. The minimum Gasteiger partial charge on any atom is -0.449 e. The van der Waals surface area contributed by atoms with Gasteiger partial charge in [0.2, 0.25) is 17.7 Å². The maximum absolute atomic E-state index is 14.7. The molecule has 5 aromatic rings. The number of ketones is 1. The van der Waals surface area contributed by atoms with Gasteiger partial charge in [-0.25, -0.2) is 15.0 Å². The summed E-state index contributed by atoms with van der Waals surface area (Å²) in [6, 6.07) is 37.7. The lowest BCUT2D eigenvalue weighted by Crippen LogP contribution is -2.58. The average molecular weight is 1030 g/mol. The summed E-state index contributed by atoms with van der Waals surface area (Å²) in [5.74, 6) is -3.56. The maximum atomic E-state index is 14.7. The summed E-state index contributed by atoms with van der Waals surface area (Å²) in [6.07, 6.45) is 4.15. The van der Waals surface area contributed by atoms with Gasteiger partial charge in [-0.2, -0.15) is 5.10 Å². The Hall–Kier alpha value is -8.14. The highest BCUT2D eigenvalue weighted by Crippen LogP contribution is 2.44. The van der Waals surface area contributed by atoms with Crippen molar-refractivity contribution in [1.82, 2.24) is 37.3 Å². The molecule has 0 aliphatic heterocycles. The average Bonchev–Trinajstić information content (AvgIpc) is 3.75. The Kier molecular flexibility index (Phi) is 20.1. The van der Waals surface area contributed by atoms with Crippen molar-refractivity contribution in [1.29, 1.82) is 0 Å². The first kappa shape index (κ1) is 55.6. The zero-order valence-electron chi connectivity index (χ0n) is 43.7. The van der Waals surface area contributed by atoms with Crippen molar-refractivity contribution in [3.63, 3.8) is 0 Å². The van der Waals surface area contributed by atoms with Crippen LogP contribution in [0.4, 0.5) is 9.59 Å². The van der Waals surface area contributed by atoms with Crippen LogP contribution in [-0.2, 0) is 28.7 Å². The molecule has 5 aromatic carbocycles. The fourth-order valence-corrected chi connectivity index (χ4v) is 10.2. The second-order valence-electron chi connectivity index (χ2n) is 19.9. The fraction of sp³-hybridized carbons (Fsp3) is 0.367. The SMILES string of the molecule is CCC[C@H](NC(=O)[C@H](CC(C)C)NC(=O)[C@@H](NC(=O)OCC1c2ccccc2-c2ccccc21)C1CCCCC1)C(=NNC(=O)NC(c1ccccc1)c1ccccc1)C(=O)NCC(=O)N[C@H](C(C)=O)c1ccccc1. The van der Waals surface area contributed by atoms with E-state index in [-0.39, 0.29) is 48.7 Å². The molecular formula is C60H70N8O8. The largest absolute Gasteiger partial charge is 0.449 e. The Morgan fingerprint density at radius 3 is 1.71 bits per heavy atom. The zero-order chi connectivity index (χ0) is 54.0. The van der Waals surface area contributed by atoms with Crippen molar-refractivity contribution in [3.8, 4) is 11.1 Å². The summed E-state index contributed by atoms with van der Waals surface area (Å²) in [4.78, 5) is 97.2. The summed E-state index contributed by atoms with van der Waals surface area (Å²) in [6.45, 7) is 6.48. The van der Waals surface area contributed by atoms with Gasteiger partial charge >= 0.3 is 12.1 Å². The Balaban J connectivity index is 1.10. The first-order chi connectivity index (χ1) is 36.8. The molecule has 16 nitrogen and oxygen atoms in total. The smallest absolute Gasteiger partial charge is 0.407 e. The lowest BCUT2D eigenvalue weighted by molar-refractivity contribution is -0.131. The van der Waals surface area contributed by atoms with Gasteiger partial charge < -0.3 is 36.6 Å². The van der Waals surface area contributed by atoms with Crippen molar-refractivity contribution in [2.45, 2.75) is 115 Å². The lowest BCUT2D eigenvalue weighted by Gasteiger charge is -2.32. The van der Waals surface area contributed by atoms with Crippen molar-refractivity contribution in [2.24, 2.45) is 16.9 Å². The molecule has 7 rings (SSSR count). The number of urea groups is 1. The van der Waals surface area contributed by atoms with E-state index in [1.807, 2.05) is 118 Å². The van der Waals surface area contributed by atoms with Gasteiger partial charge in [0, 0.05) is 5.92 Å². The van der Waals surface area contributed by atoms with E-state index in [1.54, 1.807) is 30.3 Å². The maximum Gasteiger partial charge on any atom is 0.407 e. The van der Waals surface area contributed by atoms with Crippen LogP contribution in [0.1, 0.15) is 125 Å². The number of amides is 7. The number of alkyl carbamates (subject to hydrolysis) is 1. The van der Waals surface area contributed by atoms with Crippen molar-refractivity contribution < 1.29 is 38.3 Å². The topological polar surface area (TPSA) is 225 Å². The molecule has 1 fully saturated rings. The number of rotatable bonds is 23. The second-order valence-corrected chi connectivity index (χ2v) is 19.9. The van der Waals surface area contributed by atoms with E-state index in [9.17, 15) is 33.6 Å². The van der Waals surface area contributed by atoms with Gasteiger partial charge in [-0.05, 0) is 83.4 Å². The van der Waals surface area contributed by atoms with Crippen LogP contribution in [0.25, 0.3) is 11.1 Å². The monoisotopic (exact) mass is 1030 g/mol. The Morgan fingerprint density at radius 2 is 1.16 bits per heavy atom. The van der Waals surface area contributed by atoms with Crippen LogP contribution in [-0.4, -0.2) is 78.5 Å². The molecule has 0 heterocycles. The Labute approximate surface area is 445 Å². The standard InChI is InChI=1S/C60H70N8O8/c1-5-22-49(55(57(72)61-36-51(70)64-52(39(4)69)40-23-10-6-11-24-40)67-68-59(74)65-53(41-25-12-7-13-26-41)42-27-14-8-15-28-42)62-56(71)50(35-38(2)3)63-58(73)54(43-29-16-9-17-30-43)66-60(75)76-37-48-46-33-20-18-31-44(46)45-32-19-21-34-47(45)48/h6-8,10-15,18-21,23-28,31-34,38,43,48-50,52-54H,5,9,16-17,22,29-30,35-37H2,1-4H3,(H,61,72)(H,62,71)(H,63,73)(H,64,70)(H,66,75)(H2,65,68,74)/t49-,50-,52+,54-/m0/s1. The number of benzene rings is 5. The molecule has 1 saturated carbocycles. The molecule has 0 radical (unpaired) electrons. The highest BCUT2D eigenvalue weighted by atomic mass is 16.5. The highest BCUT2D eigenvalue weighted by Gasteiger charge is 2.37. The van der Waals surface area contributed by atoms with Crippen LogP contribution in [0.3, 0.4) is 0 Å². The fourth-order valence-electron chi connectivity index (χ4n) is 10.2. The molecule has 2 aliphatic carbocycles. The van der Waals surface area contributed by atoms with Crippen molar-refractivity contribution in [2.75, 3.05) is 13.2 Å². The third kappa shape index (κ3) is 15.0. The van der Waals surface area contributed by atoms with Gasteiger partial charge in [-0.1, -0.05) is 186 Å². The molecule has 2 aliphatic rings. The molecule has 398 valence electrons. The summed E-state index contributed by atoms with van der Waals surface area (Å²) in [5.41, 5.74) is 8.54. The van der Waals surface area contributed by atoms with Crippen LogP contribution in [0, 0.1) is 11.8 Å². The molecule has 0 bridgehead atoms. The summed E-state index contributed by atoms with van der Waals surface area (Å²) < 4.78 is 5.91. The quantitative estimate of drug-likeness (QED) is 0.0248. The molecule has 7 N–H and O–H groups in total. The molecule has 7 amide bonds. The molecule has 4 atom stereocenters. The van der Waals surface area contributed by atoms with Gasteiger partial charge in [-0.3, -0.25) is 24.0 Å². The number of nitrogens with zero attached hydrogens (tertiary/aromatic N) is 1. The van der Waals surface area contributed by atoms with Gasteiger partial charge in [0.1, 0.15) is 30.4 Å². The van der Waals surface area contributed by atoms with Crippen LogP contribution >= 0.6 is 0 Å². The first-order valence-corrected chi connectivity index (χ1v) is 26.4. The van der Waals surface area contributed by atoms with Crippen molar-refractivity contribution in [3.05, 3.63) is 167 Å². The van der Waals surface area contributed by atoms with Gasteiger partial charge in [-0.15, -0.1) is 0 Å². The van der Waals surface area contributed by atoms with Gasteiger partial charge in [0.15, 0.2) is 5.78 Å². The predicted molar refractivity (Wildman–Crippen MR) is 292 cm³/mol. The van der Waals surface area contributed by atoms with Crippen LogP contribution in [0.2, 0.25) is 0 Å². The van der Waals surface area contributed by atoms with E-state index in [4.69, 9.17) is 4.74 Å². The molecule has 0 unspecified atom stereocenters. The summed E-state index contributed by atoms with van der Waals surface area (Å²) >= 11 is 0. The van der Waals surface area contributed by atoms with Crippen LogP contribution in [0.5, 0.6) is 0 Å². The number of ether oxygens (including phenoxy) is 1. The van der Waals surface area contributed by atoms with E-state index < -0.39 is 72.5 Å². The van der Waals surface area contributed by atoms with E-state index in [0.717, 1.165) is 52.6 Å². The second kappa shape index (κ2) is 27.4. The molecule has 16 heteroatoms. The number of carbonyl (C=O) groups excluding carboxylic acids is 7. The minimum atomic E-state index is -1.14. The lowest BCUT2D eigenvalue weighted by atomic mass is 9.83.